The van der Waals surface area contributed by atoms with Crippen molar-refractivity contribution >= 4 is 11.6 Å². The van der Waals surface area contributed by atoms with E-state index in [1.54, 1.807) is 0 Å². The second-order valence-corrected chi connectivity index (χ2v) is 6.86. The summed E-state index contributed by atoms with van der Waals surface area (Å²) in [7, 11) is 0. The van der Waals surface area contributed by atoms with Gasteiger partial charge in [-0.1, -0.05) is 74.5 Å². The molecule has 1 fully saturated rings. The fourth-order valence-electron chi connectivity index (χ4n) is 3.00. The minimum Gasteiger partial charge on any atom is -0.273 e. The molecule has 2 atom stereocenters. The Morgan fingerprint density at radius 3 is 2.33 bits per heavy atom. The first-order chi connectivity index (χ1) is 11.6. The van der Waals surface area contributed by atoms with E-state index in [0.29, 0.717) is 11.8 Å². The molecule has 0 unspecified atom stereocenters. The molecule has 3 heteroatoms. The highest BCUT2D eigenvalue weighted by Crippen LogP contribution is 2.47. The second-order valence-electron chi connectivity index (χ2n) is 6.86. The summed E-state index contributed by atoms with van der Waals surface area (Å²) in [6.45, 7) is 4.32. The minimum absolute atomic E-state index is 0.0287. The van der Waals surface area contributed by atoms with Crippen LogP contribution in [0.5, 0.6) is 0 Å². The van der Waals surface area contributed by atoms with Crippen molar-refractivity contribution in [2.75, 3.05) is 0 Å². The number of nitrogens with one attached hydrogen (secondary N) is 1. The Labute approximate surface area is 143 Å². The molecule has 0 spiro atoms. The number of carbonyl (C=O) groups is 1. The Morgan fingerprint density at radius 1 is 1.08 bits per heavy atom. The lowest BCUT2D eigenvalue weighted by atomic mass is 10.0. The van der Waals surface area contributed by atoms with Crippen LogP contribution in [-0.2, 0) is 4.79 Å². The van der Waals surface area contributed by atoms with Crippen molar-refractivity contribution in [2.24, 2.45) is 16.9 Å². The smallest absolute Gasteiger partial charge is 0.243 e. The molecule has 0 radical (unpaired) electrons. The molecule has 3 rings (SSSR count). The maximum absolute atomic E-state index is 12.4. The van der Waals surface area contributed by atoms with Crippen LogP contribution in [0.1, 0.15) is 43.7 Å². The molecule has 124 valence electrons. The molecular formula is C21H24N2O. The van der Waals surface area contributed by atoms with E-state index in [-0.39, 0.29) is 11.8 Å². The molecule has 3 nitrogen and oxygen atoms in total. The van der Waals surface area contributed by atoms with E-state index in [1.807, 2.05) is 48.5 Å². The molecule has 24 heavy (non-hydrogen) atoms. The molecule has 0 aromatic heterocycles. The Balaban J connectivity index is 1.65. The van der Waals surface area contributed by atoms with Gasteiger partial charge in [0.2, 0.25) is 5.91 Å². The predicted octanol–water partition coefficient (Wildman–Crippen LogP) is 4.36. The third-order valence-corrected chi connectivity index (χ3v) is 4.36. The predicted molar refractivity (Wildman–Crippen MR) is 97.9 cm³/mol. The van der Waals surface area contributed by atoms with Crippen LogP contribution >= 0.6 is 0 Å². The highest BCUT2D eigenvalue weighted by molar-refractivity contribution is 6.01. The standard InChI is InChI=1S/C21H24N2O/c1-15(2)13-20(17-11-7-4-8-12-17)22-23-21(24)19-14-18(19)16-9-5-3-6-10-16/h3-12,15,18-19H,13-14H2,1-2H3,(H,23,24)/t18-,19+/m0/s1. The van der Waals surface area contributed by atoms with Crippen LogP contribution in [0.3, 0.4) is 0 Å². The third-order valence-electron chi connectivity index (χ3n) is 4.36. The van der Waals surface area contributed by atoms with Gasteiger partial charge < -0.3 is 0 Å². The van der Waals surface area contributed by atoms with E-state index >= 15 is 0 Å². The van der Waals surface area contributed by atoms with Gasteiger partial charge in [-0.15, -0.1) is 0 Å². The molecule has 0 saturated heterocycles. The first-order valence-corrected chi connectivity index (χ1v) is 8.62. The van der Waals surface area contributed by atoms with Gasteiger partial charge in [-0.2, -0.15) is 5.10 Å². The topological polar surface area (TPSA) is 41.5 Å². The van der Waals surface area contributed by atoms with E-state index in [0.717, 1.165) is 24.1 Å². The van der Waals surface area contributed by atoms with Gasteiger partial charge in [-0.05, 0) is 35.8 Å². The van der Waals surface area contributed by atoms with Crippen LogP contribution in [0.4, 0.5) is 0 Å². The lowest BCUT2D eigenvalue weighted by Gasteiger charge is -2.10. The number of nitrogens with zero attached hydrogens (tertiary/aromatic N) is 1. The van der Waals surface area contributed by atoms with Crippen molar-refractivity contribution in [3.63, 3.8) is 0 Å². The van der Waals surface area contributed by atoms with Gasteiger partial charge in [-0.25, -0.2) is 5.43 Å². The maximum atomic E-state index is 12.4. The maximum Gasteiger partial charge on any atom is 0.243 e. The number of rotatable bonds is 6. The van der Waals surface area contributed by atoms with Crippen molar-refractivity contribution in [1.82, 2.24) is 5.43 Å². The van der Waals surface area contributed by atoms with Crippen molar-refractivity contribution < 1.29 is 4.79 Å². The van der Waals surface area contributed by atoms with Crippen LogP contribution in [-0.4, -0.2) is 11.6 Å². The summed E-state index contributed by atoms with van der Waals surface area (Å²) in [6.07, 6.45) is 1.76. The molecule has 0 bridgehead atoms. The normalized spacial score (nSPS) is 20.0. The zero-order valence-corrected chi connectivity index (χ0v) is 14.3. The summed E-state index contributed by atoms with van der Waals surface area (Å²) in [5.74, 6) is 0.902. The number of carbonyl (C=O) groups excluding carboxylic acids is 1. The Bertz CT molecular complexity index is 707. The first kappa shape index (κ1) is 16.4. The molecule has 0 aliphatic heterocycles. The van der Waals surface area contributed by atoms with Crippen molar-refractivity contribution in [1.29, 1.82) is 0 Å². The Kier molecular flexibility index (Phi) is 5.09. The molecule has 1 amide bonds. The van der Waals surface area contributed by atoms with Gasteiger partial charge in [0.1, 0.15) is 0 Å². The number of amides is 1. The summed E-state index contributed by atoms with van der Waals surface area (Å²) in [6, 6.07) is 20.3. The molecule has 1 saturated carbocycles. The average Bonchev–Trinajstić information content (AvgIpc) is 3.40. The zero-order chi connectivity index (χ0) is 16.9. The third kappa shape index (κ3) is 4.10. The molecule has 0 heterocycles. The fourth-order valence-corrected chi connectivity index (χ4v) is 3.00. The van der Waals surface area contributed by atoms with E-state index in [2.05, 4.69) is 36.5 Å². The largest absolute Gasteiger partial charge is 0.273 e. The first-order valence-electron chi connectivity index (χ1n) is 8.62. The van der Waals surface area contributed by atoms with Crippen LogP contribution in [0.25, 0.3) is 0 Å². The molecule has 2 aromatic carbocycles. The van der Waals surface area contributed by atoms with E-state index in [1.165, 1.54) is 5.56 Å². The summed E-state index contributed by atoms with van der Waals surface area (Å²) in [4.78, 5) is 12.4. The summed E-state index contributed by atoms with van der Waals surface area (Å²) in [5, 5.41) is 4.44. The van der Waals surface area contributed by atoms with Gasteiger partial charge in [-0.3, -0.25) is 4.79 Å². The molecule has 1 aliphatic rings. The van der Waals surface area contributed by atoms with Crippen molar-refractivity contribution in [3.05, 3.63) is 71.8 Å². The zero-order valence-electron chi connectivity index (χ0n) is 14.3. The molecular weight excluding hydrogens is 296 g/mol. The van der Waals surface area contributed by atoms with Crippen molar-refractivity contribution in [2.45, 2.75) is 32.6 Å². The van der Waals surface area contributed by atoms with Gasteiger partial charge >= 0.3 is 0 Å². The van der Waals surface area contributed by atoms with Gasteiger partial charge in [0, 0.05) is 5.92 Å². The number of hydrogen-bond acceptors (Lipinski definition) is 2. The second kappa shape index (κ2) is 7.43. The average molecular weight is 320 g/mol. The number of benzene rings is 2. The highest BCUT2D eigenvalue weighted by Gasteiger charge is 2.43. The molecule has 1 aliphatic carbocycles. The Morgan fingerprint density at radius 2 is 1.71 bits per heavy atom. The summed E-state index contributed by atoms with van der Waals surface area (Å²) < 4.78 is 0. The van der Waals surface area contributed by atoms with Crippen LogP contribution in [0.2, 0.25) is 0 Å². The van der Waals surface area contributed by atoms with E-state index in [9.17, 15) is 4.79 Å². The van der Waals surface area contributed by atoms with Crippen LogP contribution in [0, 0.1) is 11.8 Å². The SMILES string of the molecule is CC(C)CC(=NNC(=O)[C@@H]1C[C@H]1c1ccccc1)c1ccccc1. The summed E-state index contributed by atoms with van der Waals surface area (Å²) >= 11 is 0. The quantitative estimate of drug-likeness (QED) is 0.623. The Hall–Kier alpha value is -2.42. The van der Waals surface area contributed by atoms with Crippen LogP contribution in [0.15, 0.2) is 65.8 Å². The van der Waals surface area contributed by atoms with E-state index < -0.39 is 0 Å². The summed E-state index contributed by atoms with van der Waals surface area (Å²) in [5.41, 5.74) is 6.05. The molecule has 2 aromatic rings. The monoisotopic (exact) mass is 320 g/mol. The number of hydrogen-bond donors (Lipinski definition) is 1. The highest BCUT2D eigenvalue weighted by atomic mass is 16.2. The van der Waals surface area contributed by atoms with Crippen LogP contribution < -0.4 is 5.43 Å². The van der Waals surface area contributed by atoms with Gasteiger partial charge in [0.05, 0.1) is 5.71 Å². The fraction of sp³-hybridized carbons (Fsp3) is 0.333. The molecule has 1 N–H and O–H groups in total. The lowest BCUT2D eigenvalue weighted by molar-refractivity contribution is -0.122. The number of hydrazone groups is 1. The van der Waals surface area contributed by atoms with Crippen molar-refractivity contribution in [3.8, 4) is 0 Å². The van der Waals surface area contributed by atoms with Gasteiger partial charge in [0.15, 0.2) is 0 Å². The minimum atomic E-state index is 0.0287. The lowest BCUT2D eigenvalue weighted by Crippen LogP contribution is -2.22. The van der Waals surface area contributed by atoms with Gasteiger partial charge in [0.25, 0.3) is 0 Å². The van der Waals surface area contributed by atoms with E-state index in [4.69, 9.17) is 0 Å².